The van der Waals surface area contributed by atoms with Crippen LogP contribution >= 0.6 is 0 Å². The Balaban J connectivity index is 0. The molecule has 0 aliphatic rings. The molecule has 0 radical (unpaired) electrons. The molecule has 0 aromatic carbocycles. The molecule has 0 atom stereocenters. The molecule has 21 heavy (non-hydrogen) atoms. The number of unbranched alkanes of at least 4 members (excludes halogenated alkanes) is 10. The molecule has 0 rings (SSSR count). The molecule has 0 fully saturated rings. The summed E-state index contributed by atoms with van der Waals surface area (Å²) in [7, 11) is -4.00. The van der Waals surface area contributed by atoms with Crippen molar-refractivity contribution in [1.82, 2.24) is 0 Å². The van der Waals surface area contributed by atoms with Crippen LogP contribution in [0.3, 0.4) is 0 Å². The first kappa shape index (κ1) is 23.9. The van der Waals surface area contributed by atoms with Gasteiger partial charge in [0.2, 0.25) is 0 Å². The van der Waals surface area contributed by atoms with Crippen LogP contribution < -0.4 is 29.6 Å². The van der Waals surface area contributed by atoms with Crippen molar-refractivity contribution in [2.45, 2.75) is 84.0 Å². The predicted molar refractivity (Wildman–Crippen MR) is 84.8 cm³/mol. The summed E-state index contributed by atoms with van der Waals surface area (Å²) < 4.78 is 31.1. The number of hydrogen-bond donors (Lipinski definition) is 0. The number of hydrogen-bond acceptors (Lipinski definition) is 3. The maximum Gasteiger partial charge on any atom is 1.00 e. The van der Waals surface area contributed by atoms with Crippen LogP contribution in [0.25, 0.3) is 0 Å². The molecule has 0 aliphatic carbocycles. The van der Waals surface area contributed by atoms with Crippen LogP contribution in [0.4, 0.5) is 0 Å². The van der Waals surface area contributed by atoms with Gasteiger partial charge in [0.1, 0.15) is 0 Å². The van der Waals surface area contributed by atoms with Gasteiger partial charge < -0.3 is 4.55 Å². The second kappa shape index (κ2) is 17.0. The molecule has 120 valence electrons. The summed E-state index contributed by atoms with van der Waals surface area (Å²) >= 11 is 0. The maximum absolute atomic E-state index is 10.4. The van der Waals surface area contributed by atoms with Gasteiger partial charge in [0.25, 0.3) is 0 Å². The summed E-state index contributed by atoms with van der Waals surface area (Å²) in [6.07, 6.45) is 18.2. The Labute approximate surface area is 154 Å². The summed E-state index contributed by atoms with van der Waals surface area (Å²) in [6.45, 7) is 2.24. The van der Waals surface area contributed by atoms with E-state index in [1.54, 1.807) is 0 Å². The van der Waals surface area contributed by atoms with Crippen molar-refractivity contribution in [2.24, 2.45) is 0 Å². The molecular formula is C16H31NaO3S. The topological polar surface area (TPSA) is 57.2 Å². The van der Waals surface area contributed by atoms with Gasteiger partial charge in [-0.05, 0) is 32.1 Å². The SMILES string of the molecule is CCCCCCCCC=CCCCCCCS(=O)(=O)[O-].[Na+]. The van der Waals surface area contributed by atoms with Gasteiger partial charge in [-0.1, -0.05) is 64.0 Å². The zero-order valence-electron chi connectivity index (χ0n) is 14.0. The third kappa shape index (κ3) is 23.1. The normalized spacial score (nSPS) is 11.7. The molecule has 0 saturated carbocycles. The van der Waals surface area contributed by atoms with Crippen molar-refractivity contribution in [1.29, 1.82) is 0 Å². The van der Waals surface area contributed by atoms with Gasteiger partial charge in [0.15, 0.2) is 0 Å². The summed E-state index contributed by atoms with van der Waals surface area (Å²) in [5.74, 6) is -0.207. The molecule has 0 unspecified atom stereocenters. The average Bonchev–Trinajstić information content (AvgIpc) is 2.38. The minimum Gasteiger partial charge on any atom is -0.748 e. The van der Waals surface area contributed by atoms with Crippen molar-refractivity contribution < 1.29 is 42.5 Å². The van der Waals surface area contributed by atoms with Crippen molar-refractivity contribution in [3.63, 3.8) is 0 Å². The van der Waals surface area contributed by atoms with Gasteiger partial charge in [-0.2, -0.15) is 0 Å². The summed E-state index contributed by atoms with van der Waals surface area (Å²) in [5, 5.41) is 0. The third-order valence-corrected chi connectivity index (χ3v) is 4.19. The van der Waals surface area contributed by atoms with E-state index in [9.17, 15) is 13.0 Å². The van der Waals surface area contributed by atoms with Gasteiger partial charge in [-0.3, -0.25) is 0 Å². The first-order chi connectivity index (χ1) is 9.56. The Morgan fingerprint density at radius 2 is 1.19 bits per heavy atom. The maximum atomic E-state index is 10.4. The van der Waals surface area contributed by atoms with Crippen LogP contribution in [0, 0.1) is 0 Å². The van der Waals surface area contributed by atoms with E-state index in [-0.39, 0.29) is 35.3 Å². The van der Waals surface area contributed by atoms with Crippen molar-refractivity contribution in [3.8, 4) is 0 Å². The Morgan fingerprint density at radius 1 is 0.762 bits per heavy atom. The van der Waals surface area contributed by atoms with Crippen molar-refractivity contribution >= 4 is 10.1 Å². The standard InChI is InChI=1S/C16H32O3S.Na/c1-2-3-4-5-6-7-8-9-10-11-12-13-14-15-16-20(17,18)19;/h9-10H,2-8,11-16H2,1H3,(H,17,18,19);/q;+1/p-1. The fraction of sp³-hybridized carbons (Fsp3) is 0.875. The fourth-order valence-corrected chi connectivity index (χ4v) is 2.73. The second-order valence-corrected chi connectivity index (χ2v) is 7.02. The van der Waals surface area contributed by atoms with Gasteiger partial charge in [-0.15, -0.1) is 0 Å². The molecule has 0 amide bonds. The fourth-order valence-electron chi connectivity index (χ4n) is 2.17. The monoisotopic (exact) mass is 326 g/mol. The van der Waals surface area contributed by atoms with Crippen LogP contribution in [0.5, 0.6) is 0 Å². The minimum absolute atomic E-state index is 0. The van der Waals surface area contributed by atoms with E-state index in [1.807, 2.05) is 0 Å². The predicted octanol–water partition coefficient (Wildman–Crippen LogP) is 1.79. The van der Waals surface area contributed by atoms with E-state index in [0.717, 1.165) is 25.7 Å². The van der Waals surface area contributed by atoms with E-state index in [1.165, 1.54) is 44.9 Å². The molecule has 0 N–H and O–H groups in total. The molecule has 0 aromatic heterocycles. The van der Waals surface area contributed by atoms with E-state index < -0.39 is 10.1 Å². The van der Waals surface area contributed by atoms with Crippen LogP contribution in [0.15, 0.2) is 12.2 Å². The summed E-state index contributed by atoms with van der Waals surface area (Å²) in [6, 6.07) is 0. The molecule has 0 aliphatic heterocycles. The van der Waals surface area contributed by atoms with Crippen molar-refractivity contribution in [2.75, 3.05) is 5.75 Å². The zero-order chi connectivity index (χ0) is 15.1. The zero-order valence-corrected chi connectivity index (χ0v) is 16.8. The molecule has 3 nitrogen and oxygen atoms in total. The third-order valence-electron chi connectivity index (χ3n) is 3.41. The summed E-state index contributed by atoms with van der Waals surface area (Å²) in [5.41, 5.74) is 0. The van der Waals surface area contributed by atoms with Gasteiger partial charge in [0.05, 0.1) is 10.1 Å². The van der Waals surface area contributed by atoms with Crippen LogP contribution in [0.1, 0.15) is 84.0 Å². The van der Waals surface area contributed by atoms with E-state index in [4.69, 9.17) is 0 Å². The molecule has 0 aromatic rings. The Kier molecular flexibility index (Phi) is 19.4. The van der Waals surface area contributed by atoms with Crippen LogP contribution in [0.2, 0.25) is 0 Å². The average molecular weight is 326 g/mol. The van der Waals surface area contributed by atoms with Crippen LogP contribution in [-0.2, 0) is 10.1 Å². The molecular weight excluding hydrogens is 295 g/mol. The summed E-state index contributed by atoms with van der Waals surface area (Å²) in [4.78, 5) is 0. The Hall–Kier alpha value is 0.650. The minimum atomic E-state index is -4.00. The van der Waals surface area contributed by atoms with Gasteiger partial charge in [0, 0.05) is 5.75 Å². The smallest absolute Gasteiger partial charge is 0.748 e. The Morgan fingerprint density at radius 3 is 1.67 bits per heavy atom. The number of allylic oxidation sites excluding steroid dienone is 2. The molecule has 0 saturated heterocycles. The number of rotatable bonds is 14. The molecule has 5 heteroatoms. The molecule has 0 spiro atoms. The quantitative estimate of drug-likeness (QED) is 0.212. The first-order valence-electron chi connectivity index (χ1n) is 8.15. The first-order valence-corrected chi connectivity index (χ1v) is 9.72. The van der Waals surface area contributed by atoms with E-state index in [2.05, 4.69) is 19.1 Å². The largest absolute Gasteiger partial charge is 1.00 e. The Bertz CT molecular complexity index is 326. The van der Waals surface area contributed by atoms with E-state index in [0.29, 0.717) is 6.42 Å². The van der Waals surface area contributed by atoms with Crippen LogP contribution in [-0.4, -0.2) is 18.7 Å². The van der Waals surface area contributed by atoms with Crippen molar-refractivity contribution in [3.05, 3.63) is 12.2 Å². The van der Waals surface area contributed by atoms with Gasteiger partial charge >= 0.3 is 29.6 Å². The second-order valence-electron chi connectivity index (χ2n) is 5.49. The van der Waals surface area contributed by atoms with Gasteiger partial charge in [-0.25, -0.2) is 8.42 Å². The van der Waals surface area contributed by atoms with E-state index >= 15 is 0 Å². The molecule has 0 heterocycles. The molecule has 0 bridgehead atoms.